The second-order valence-corrected chi connectivity index (χ2v) is 8.27. The maximum atomic E-state index is 12.8. The largest absolute Gasteiger partial charge is 0.349 e. The smallest absolute Gasteiger partial charge is 0.251 e. The highest BCUT2D eigenvalue weighted by Crippen LogP contribution is 2.23. The summed E-state index contributed by atoms with van der Waals surface area (Å²) in [4.78, 5) is 29.4. The second kappa shape index (κ2) is 9.36. The standard InChI is InChI=1S/C22H33N3O2/c1-17(2)20-10-6-7-13-25(20)16-21(26)24-14-11-19(12-15-24)23-22(27)18-8-4-3-5-9-18/h3-5,8-9,17,19-20H,6-7,10-16H2,1-2H3,(H,23,27). The molecule has 2 aliphatic heterocycles. The SMILES string of the molecule is CC(C)C1CCCCN1CC(=O)N1CCC(NC(=O)c2ccccc2)CC1. The first-order chi connectivity index (χ1) is 13.0. The van der Waals surface area contributed by atoms with Gasteiger partial charge in [-0.05, 0) is 50.3 Å². The summed E-state index contributed by atoms with van der Waals surface area (Å²) >= 11 is 0. The molecule has 1 aromatic carbocycles. The predicted molar refractivity (Wildman–Crippen MR) is 108 cm³/mol. The zero-order valence-electron chi connectivity index (χ0n) is 16.7. The molecule has 1 atom stereocenters. The molecule has 0 radical (unpaired) electrons. The normalized spacial score (nSPS) is 22.0. The summed E-state index contributed by atoms with van der Waals surface area (Å²) in [5.41, 5.74) is 0.695. The second-order valence-electron chi connectivity index (χ2n) is 8.27. The van der Waals surface area contributed by atoms with Crippen LogP contribution in [0.3, 0.4) is 0 Å². The van der Waals surface area contributed by atoms with E-state index in [-0.39, 0.29) is 17.9 Å². The third-order valence-electron chi connectivity index (χ3n) is 5.99. The van der Waals surface area contributed by atoms with Gasteiger partial charge in [0.25, 0.3) is 5.91 Å². The van der Waals surface area contributed by atoms with E-state index in [4.69, 9.17) is 0 Å². The highest BCUT2D eigenvalue weighted by molar-refractivity contribution is 5.94. The van der Waals surface area contributed by atoms with E-state index in [1.165, 1.54) is 19.3 Å². The fourth-order valence-electron chi connectivity index (χ4n) is 4.37. The van der Waals surface area contributed by atoms with Crippen LogP contribution in [0.2, 0.25) is 0 Å². The van der Waals surface area contributed by atoms with Crippen molar-refractivity contribution < 1.29 is 9.59 Å². The van der Waals surface area contributed by atoms with E-state index < -0.39 is 0 Å². The number of nitrogens with zero attached hydrogens (tertiary/aromatic N) is 2. The molecule has 0 bridgehead atoms. The van der Waals surface area contributed by atoms with Gasteiger partial charge in [-0.25, -0.2) is 0 Å². The predicted octanol–water partition coefficient (Wildman–Crippen LogP) is 2.92. The van der Waals surface area contributed by atoms with Crippen LogP contribution in [-0.4, -0.2) is 59.9 Å². The van der Waals surface area contributed by atoms with E-state index >= 15 is 0 Å². The van der Waals surface area contributed by atoms with E-state index in [2.05, 4.69) is 24.1 Å². The summed E-state index contributed by atoms with van der Waals surface area (Å²) in [5.74, 6) is 0.820. The zero-order valence-corrected chi connectivity index (χ0v) is 16.7. The number of nitrogens with one attached hydrogen (secondary N) is 1. The van der Waals surface area contributed by atoms with Crippen molar-refractivity contribution in [2.24, 2.45) is 5.92 Å². The summed E-state index contributed by atoms with van der Waals surface area (Å²) in [6.07, 6.45) is 5.35. The minimum Gasteiger partial charge on any atom is -0.349 e. The number of likely N-dealkylation sites (tertiary alicyclic amines) is 2. The average Bonchev–Trinajstić information content (AvgIpc) is 2.69. The van der Waals surface area contributed by atoms with Crippen molar-refractivity contribution in [3.8, 4) is 0 Å². The third kappa shape index (κ3) is 5.32. The molecular weight excluding hydrogens is 338 g/mol. The highest BCUT2D eigenvalue weighted by Gasteiger charge is 2.30. The Labute approximate surface area is 163 Å². The van der Waals surface area contributed by atoms with Crippen molar-refractivity contribution in [3.63, 3.8) is 0 Å². The fourth-order valence-corrected chi connectivity index (χ4v) is 4.37. The van der Waals surface area contributed by atoms with Crippen molar-refractivity contribution in [2.75, 3.05) is 26.2 Å². The number of piperidine rings is 2. The Morgan fingerprint density at radius 3 is 2.41 bits per heavy atom. The van der Waals surface area contributed by atoms with Gasteiger partial charge in [-0.3, -0.25) is 14.5 Å². The average molecular weight is 372 g/mol. The van der Waals surface area contributed by atoms with Crippen molar-refractivity contribution >= 4 is 11.8 Å². The fraction of sp³-hybridized carbons (Fsp3) is 0.636. The molecule has 3 rings (SSSR count). The molecule has 1 aromatic rings. The molecule has 0 spiro atoms. The summed E-state index contributed by atoms with van der Waals surface area (Å²) in [6, 6.07) is 10.0. The van der Waals surface area contributed by atoms with Crippen LogP contribution in [0.5, 0.6) is 0 Å². The van der Waals surface area contributed by atoms with Crippen molar-refractivity contribution in [3.05, 3.63) is 35.9 Å². The lowest BCUT2D eigenvalue weighted by molar-refractivity contribution is -0.134. The van der Waals surface area contributed by atoms with Gasteiger partial charge in [-0.15, -0.1) is 0 Å². The molecule has 2 saturated heterocycles. The van der Waals surface area contributed by atoms with Crippen molar-refractivity contribution in [2.45, 2.75) is 58.0 Å². The number of hydrogen-bond acceptors (Lipinski definition) is 3. The molecule has 2 fully saturated rings. The molecular formula is C22H33N3O2. The summed E-state index contributed by atoms with van der Waals surface area (Å²) in [7, 11) is 0. The Hall–Kier alpha value is -1.88. The van der Waals surface area contributed by atoms with Crippen LogP contribution in [0, 0.1) is 5.92 Å². The molecule has 5 nitrogen and oxygen atoms in total. The molecule has 2 amide bonds. The topological polar surface area (TPSA) is 52.7 Å². The van der Waals surface area contributed by atoms with Gasteiger partial charge in [0, 0.05) is 30.7 Å². The Kier molecular flexibility index (Phi) is 6.89. The van der Waals surface area contributed by atoms with Crippen LogP contribution >= 0.6 is 0 Å². The van der Waals surface area contributed by atoms with Crippen molar-refractivity contribution in [1.29, 1.82) is 0 Å². The van der Waals surface area contributed by atoms with Gasteiger partial charge in [0.2, 0.25) is 5.91 Å². The van der Waals surface area contributed by atoms with Crippen LogP contribution in [0.4, 0.5) is 0 Å². The van der Waals surface area contributed by atoms with Crippen LogP contribution in [0.15, 0.2) is 30.3 Å². The van der Waals surface area contributed by atoms with Gasteiger partial charge in [0.05, 0.1) is 6.54 Å². The van der Waals surface area contributed by atoms with Crippen LogP contribution < -0.4 is 5.32 Å². The quantitative estimate of drug-likeness (QED) is 0.866. The van der Waals surface area contributed by atoms with Crippen LogP contribution in [-0.2, 0) is 4.79 Å². The van der Waals surface area contributed by atoms with Gasteiger partial charge in [-0.1, -0.05) is 38.5 Å². The van der Waals surface area contributed by atoms with Gasteiger partial charge >= 0.3 is 0 Å². The van der Waals surface area contributed by atoms with E-state index in [1.807, 2.05) is 35.2 Å². The van der Waals surface area contributed by atoms with Crippen LogP contribution in [0.1, 0.15) is 56.3 Å². The number of carbonyl (C=O) groups is 2. The first-order valence-corrected chi connectivity index (χ1v) is 10.4. The minimum atomic E-state index is -0.0199. The maximum Gasteiger partial charge on any atom is 0.251 e. The monoisotopic (exact) mass is 371 g/mol. The van der Waals surface area contributed by atoms with E-state index in [0.717, 1.165) is 32.5 Å². The molecule has 1 unspecified atom stereocenters. The molecule has 0 aliphatic carbocycles. The van der Waals surface area contributed by atoms with Crippen LogP contribution in [0.25, 0.3) is 0 Å². The molecule has 5 heteroatoms. The number of carbonyl (C=O) groups excluding carboxylic acids is 2. The number of rotatable bonds is 5. The molecule has 2 heterocycles. The molecule has 148 valence electrons. The van der Waals surface area contributed by atoms with Gasteiger partial charge in [-0.2, -0.15) is 0 Å². The van der Waals surface area contributed by atoms with E-state index in [1.54, 1.807) is 0 Å². The molecule has 1 N–H and O–H groups in total. The Balaban J connectivity index is 1.45. The molecule has 2 aliphatic rings. The minimum absolute atomic E-state index is 0.0199. The van der Waals surface area contributed by atoms with E-state index in [9.17, 15) is 9.59 Å². The molecule has 0 aromatic heterocycles. The summed E-state index contributed by atoms with van der Waals surface area (Å²) in [5, 5.41) is 3.11. The summed E-state index contributed by atoms with van der Waals surface area (Å²) < 4.78 is 0. The van der Waals surface area contributed by atoms with E-state index in [0.29, 0.717) is 24.1 Å². The lowest BCUT2D eigenvalue weighted by atomic mass is 9.93. The Morgan fingerprint density at radius 2 is 1.74 bits per heavy atom. The van der Waals surface area contributed by atoms with Gasteiger partial charge in [0.1, 0.15) is 0 Å². The number of benzene rings is 1. The van der Waals surface area contributed by atoms with Gasteiger partial charge < -0.3 is 10.2 Å². The third-order valence-corrected chi connectivity index (χ3v) is 5.99. The maximum absolute atomic E-state index is 12.8. The Bertz CT molecular complexity index is 624. The first kappa shape index (κ1) is 19.9. The first-order valence-electron chi connectivity index (χ1n) is 10.4. The number of hydrogen-bond donors (Lipinski definition) is 1. The highest BCUT2D eigenvalue weighted by atomic mass is 16.2. The lowest BCUT2D eigenvalue weighted by Gasteiger charge is -2.40. The molecule has 0 saturated carbocycles. The molecule has 27 heavy (non-hydrogen) atoms. The van der Waals surface area contributed by atoms with Gasteiger partial charge in [0.15, 0.2) is 0 Å². The number of amides is 2. The summed E-state index contributed by atoms with van der Waals surface area (Å²) in [6.45, 7) is 7.57. The zero-order chi connectivity index (χ0) is 19.2. The Morgan fingerprint density at radius 1 is 1.04 bits per heavy atom. The lowest BCUT2D eigenvalue weighted by Crippen LogP contribution is -2.52. The van der Waals surface area contributed by atoms with Crippen molar-refractivity contribution in [1.82, 2.24) is 15.1 Å².